The van der Waals surface area contributed by atoms with Gasteiger partial charge in [-0.15, -0.1) is 0 Å². The average molecular weight is 464 g/mol. The van der Waals surface area contributed by atoms with E-state index in [0.717, 1.165) is 36.6 Å². The molecule has 0 aliphatic heterocycles. The van der Waals surface area contributed by atoms with Crippen LogP contribution in [0.3, 0.4) is 0 Å². The summed E-state index contributed by atoms with van der Waals surface area (Å²) in [4.78, 5) is 13.0. The Morgan fingerprint density at radius 2 is 1.71 bits per heavy atom. The zero-order valence-corrected chi connectivity index (χ0v) is 18.5. The lowest BCUT2D eigenvalue weighted by molar-refractivity contribution is 0.0868. The molecule has 1 amide bonds. The molecular weight excluding hydrogens is 438 g/mol. The van der Waals surface area contributed by atoms with Gasteiger partial charge in [0.15, 0.2) is 9.84 Å². The van der Waals surface area contributed by atoms with Gasteiger partial charge in [0.25, 0.3) is 5.91 Å². The number of nitrogens with one attached hydrogen (secondary N) is 1. The average Bonchev–Trinajstić information content (AvgIpc) is 2.63. The van der Waals surface area contributed by atoms with Gasteiger partial charge in [-0.05, 0) is 54.7 Å². The highest BCUT2D eigenvalue weighted by Gasteiger charge is 2.34. The summed E-state index contributed by atoms with van der Waals surface area (Å²) in [5, 5.41) is 3.30. The summed E-state index contributed by atoms with van der Waals surface area (Å²) in [5.41, 5.74) is 2.11. The highest BCUT2D eigenvalue weighted by atomic mass is 79.9. The summed E-state index contributed by atoms with van der Waals surface area (Å²) in [7, 11) is -3.14. The molecule has 0 aromatic heterocycles. The van der Waals surface area contributed by atoms with E-state index in [-0.39, 0.29) is 17.2 Å². The Morgan fingerprint density at radius 1 is 1.04 bits per heavy atom. The van der Waals surface area contributed by atoms with Crippen molar-refractivity contribution in [3.8, 4) is 0 Å². The van der Waals surface area contributed by atoms with E-state index >= 15 is 0 Å². The third-order valence-corrected chi connectivity index (χ3v) is 6.65. The van der Waals surface area contributed by atoms with Gasteiger partial charge < -0.3 is 5.32 Å². The minimum atomic E-state index is -3.14. The van der Waals surface area contributed by atoms with Crippen molar-refractivity contribution in [1.82, 2.24) is 5.32 Å². The van der Waals surface area contributed by atoms with Gasteiger partial charge in [0.05, 0.1) is 5.75 Å². The van der Waals surface area contributed by atoms with Gasteiger partial charge in [0, 0.05) is 21.8 Å². The summed E-state index contributed by atoms with van der Waals surface area (Å²) in [6.45, 7) is 0. The molecule has 1 fully saturated rings. The fraction of sp³-hybridized carbons (Fsp3) is 0.409. The SMILES string of the molecule is CS(=O)(=O)Cc1cccc(C(=O)NC2(Cc3ccc(Br)cc3)CCCCC2)c1. The van der Waals surface area contributed by atoms with Crippen LogP contribution in [0.5, 0.6) is 0 Å². The fourth-order valence-corrected chi connectivity index (χ4v) is 5.04. The molecule has 2 aromatic rings. The molecule has 0 atom stereocenters. The van der Waals surface area contributed by atoms with Crippen molar-refractivity contribution in [2.45, 2.75) is 49.8 Å². The van der Waals surface area contributed by atoms with Crippen molar-refractivity contribution in [1.29, 1.82) is 0 Å². The zero-order chi connectivity index (χ0) is 20.2. The molecule has 6 heteroatoms. The Balaban J connectivity index is 1.80. The molecule has 3 rings (SSSR count). The van der Waals surface area contributed by atoms with E-state index in [1.54, 1.807) is 24.3 Å². The molecule has 0 spiro atoms. The maximum absolute atomic E-state index is 13.0. The van der Waals surface area contributed by atoms with Crippen LogP contribution in [-0.4, -0.2) is 26.1 Å². The first-order valence-electron chi connectivity index (χ1n) is 9.58. The van der Waals surface area contributed by atoms with Crippen molar-refractivity contribution in [2.75, 3.05) is 6.26 Å². The number of hydrogen-bond acceptors (Lipinski definition) is 3. The topological polar surface area (TPSA) is 63.2 Å². The Kier molecular flexibility index (Phi) is 6.61. The van der Waals surface area contributed by atoms with Crippen molar-refractivity contribution >= 4 is 31.7 Å². The van der Waals surface area contributed by atoms with Crippen LogP contribution in [0.1, 0.15) is 53.6 Å². The van der Waals surface area contributed by atoms with Crippen LogP contribution in [0.4, 0.5) is 0 Å². The molecule has 0 heterocycles. The summed E-state index contributed by atoms with van der Waals surface area (Å²) < 4.78 is 24.2. The highest BCUT2D eigenvalue weighted by Crippen LogP contribution is 2.32. The summed E-state index contributed by atoms with van der Waals surface area (Å²) in [5.74, 6) is -0.188. The van der Waals surface area contributed by atoms with Crippen LogP contribution in [-0.2, 0) is 22.0 Å². The Labute approximate surface area is 175 Å². The van der Waals surface area contributed by atoms with Crippen LogP contribution in [0.15, 0.2) is 53.0 Å². The lowest BCUT2D eigenvalue weighted by Crippen LogP contribution is -2.51. The van der Waals surface area contributed by atoms with Gasteiger partial charge in [0.2, 0.25) is 0 Å². The molecule has 1 N–H and O–H groups in total. The number of amides is 1. The molecule has 0 radical (unpaired) electrons. The van der Waals surface area contributed by atoms with Crippen LogP contribution >= 0.6 is 15.9 Å². The van der Waals surface area contributed by atoms with Gasteiger partial charge >= 0.3 is 0 Å². The first-order valence-corrected chi connectivity index (χ1v) is 12.4. The van der Waals surface area contributed by atoms with Gasteiger partial charge in [-0.3, -0.25) is 4.79 Å². The number of hydrogen-bond donors (Lipinski definition) is 1. The molecular formula is C22H26BrNO3S. The Hall–Kier alpha value is -1.66. The smallest absolute Gasteiger partial charge is 0.251 e. The van der Waals surface area contributed by atoms with Crippen molar-refractivity contribution in [3.05, 3.63) is 69.7 Å². The Morgan fingerprint density at radius 3 is 2.36 bits per heavy atom. The van der Waals surface area contributed by atoms with Crippen molar-refractivity contribution in [2.24, 2.45) is 0 Å². The van der Waals surface area contributed by atoms with Crippen LogP contribution in [0, 0.1) is 0 Å². The normalized spacial score (nSPS) is 16.5. The molecule has 1 aliphatic carbocycles. The fourth-order valence-electron chi connectivity index (χ4n) is 3.99. The molecule has 0 unspecified atom stereocenters. The summed E-state index contributed by atoms with van der Waals surface area (Å²) in [6.07, 6.45) is 7.32. The van der Waals surface area contributed by atoms with E-state index < -0.39 is 9.84 Å². The first-order chi connectivity index (χ1) is 13.2. The highest BCUT2D eigenvalue weighted by molar-refractivity contribution is 9.10. The third kappa shape index (κ3) is 5.92. The number of rotatable bonds is 6. The summed E-state index contributed by atoms with van der Waals surface area (Å²) >= 11 is 3.47. The van der Waals surface area contributed by atoms with Crippen LogP contribution in [0.2, 0.25) is 0 Å². The number of halogens is 1. The second-order valence-electron chi connectivity index (χ2n) is 7.87. The van der Waals surface area contributed by atoms with Gasteiger partial charge in [0.1, 0.15) is 0 Å². The van der Waals surface area contributed by atoms with Crippen LogP contribution < -0.4 is 5.32 Å². The van der Waals surface area contributed by atoms with Gasteiger partial charge in [-0.2, -0.15) is 0 Å². The van der Waals surface area contributed by atoms with Crippen molar-refractivity contribution in [3.63, 3.8) is 0 Å². The van der Waals surface area contributed by atoms with E-state index in [9.17, 15) is 13.2 Å². The molecule has 4 nitrogen and oxygen atoms in total. The minimum Gasteiger partial charge on any atom is -0.346 e. The van der Waals surface area contributed by atoms with E-state index in [2.05, 4.69) is 33.4 Å². The lowest BCUT2D eigenvalue weighted by Gasteiger charge is -2.38. The molecule has 1 aliphatic rings. The first kappa shape index (κ1) is 21.1. The second kappa shape index (κ2) is 8.78. The number of sulfone groups is 1. The lowest BCUT2D eigenvalue weighted by atomic mass is 9.77. The predicted octanol–water partition coefficient (Wildman–Crippen LogP) is 4.67. The molecule has 28 heavy (non-hydrogen) atoms. The summed E-state index contributed by atoms with van der Waals surface area (Å²) in [6, 6.07) is 15.2. The van der Waals surface area contributed by atoms with E-state index in [0.29, 0.717) is 11.1 Å². The van der Waals surface area contributed by atoms with E-state index in [1.165, 1.54) is 18.2 Å². The minimum absolute atomic E-state index is 0.0574. The van der Waals surface area contributed by atoms with Gasteiger partial charge in [-0.1, -0.05) is 59.5 Å². The number of carbonyl (C=O) groups excluding carboxylic acids is 1. The number of benzene rings is 2. The van der Waals surface area contributed by atoms with Crippen molar-refractivity contribution < 1.29 is 13.2 Å². The molecule has 0 bridgehead atoms. The maximum atomic E-state index is 13.0. The monoisotopic (exact) mass is 463 g/mol. The zero-order valence-electron chi connectivity index (χ0n) is 16.1. The largest absolute Gasteiger partial charge is 0.346 e. The predicted molar refractivity (Wildman–Crippen MR) is 116 cm³/mol. The Bertz CT molecular complexity index is 933. The molecule has 1 saturated carbocycles. The van der Waals surface area contributed by atoms with E-state index in [4.69, 9.17) is 0 Å². The molecule has 2 aromatic carbocycles. The quantitative estimate of drug-likeness (QED) is 0.676. The standard InChI is InChI=1S/C22H26BrNO3S/c1-28(26,27)16-18-6-5-7-19(14-18)21(25)24-22(12-3-2-4-13-22)15-17-8-10-20(23)11-9-17/h5-11,14H,2-4,12-13,15-16H2,1H3,(H,24,25). The number of carbonyl (C=O) groups is 1. The second-order valence-corrected chi connectivity index (χ2v) is 10.9. The molecule has 150 valence electrons. The maximum Gasteiger partial charge on any atom is 0.251 e. The van der Waals surface area contributed by atoms with E-state index in [1.807, 2.05) is 12.1 Å². The van der Waals surface area contributed by atoms with Gasteiger partial charge in [-0.25, -0.2) is 8.42 Å². The molecule has 0 saturated heterocycles. The van der Waals surface area contributed by atoms with Crippen LogP contribution in [0.25, 0.3) is 0 Å². The third-order valence-electron chi connectivity index (χ3n) is 5.26.